The van der Waals surface area contributed by atoms with Gasteiger partial charge in [-0.15, -0.1) is 0 Å². The van der Waals surface area contributed by atoms with Crippen LogP contribution in [0.25, 0.3) is 0 Å². The number of nitrogens with one attached hydrogen (secondary N) is 1. The van der Waals surface area contributed by atoms with Gasteiger partial charge in [-0.05, 0) is 5.57 Å². The molecule has 0 amide bonds. The van der Waals surface area contributed by atoms with Gasteiger partial charge in [0.05, 0.1) is 0 Å². The Bertz CT molecular complexity index is 572. The minimum atomic E-state index is -0.747. The number of Topliss-reactive ketones (excluding diaryl/α,β-unsaturated/α-hetero) is 1. The third-order valence-electron chi connectivity index (χ3n) is 2.92. The van der Waals surface area contributed by atoms with E-state index in [1.807, 2.05) is 0 Å². The molecular formula is C14H15NO6. The van der Waals surface area contributed by atoms with Crippen LogP contribution in [0, 0.1) is 0 Å². The summed E-state index contributed by atoms with van der Waals surface area (Å²) in [4.78, 5) is 33.7. The smallest absolute Gasteiger partial charge is 0.336 e. The Hall–Kier alpha value is -2.57. The summed E-state index contributed by atoms with van der Waals surface area (Å²) < 4.78 is 9.76. The van der Waals surface area contributed by atoms with Crippen molar-refractivity contribution in [3.63, 3.8) is 0 Å². The number of aliphatic hydroxyl groups is 1. The highest BCUT2D eigenvalue weighted by Gasteiger charge is 2.26. The zero-order chi connectivity index (χ0) is 15.4. The van der Waals surface area contributed by atoms with Gasteiger partial charge in [0.15, 0.2) is 6.23 Å². The SMILES string of the molecule is CC(=O)OC1CC(/C=C/C(=O)OC2=C(O)CCC2=O)=CN1. The van der Waals surface area contributed by atoms with Crippen molar-refractivity contribution < 1.29 is 29.0 Å². The molecule has 1 unspecified atom stereocenters. The zero-order valence-electron chi connectivity index (χ0n) is 11.4. The molecule has 1 aliphatic carbocycles. The van der Waals surface area contributed by atoms with Crippen LogP contribution in [0.2, 0.25) is 0 Å². The molecule has 0 fully saturated rings. The van der Waals surface area contributed by atoms with Crippen molar-refractivity contribution in [1.29, 1.82) is 0 Å². The number of carbonyl (C=O) groups excluding carboxylic acids is 3. The van der Waals surface area contributed by atoms with Gasteiger partial charge in [0.2, 0.25) is 11.5 Å². The maximum Gasteiger partial charge on any atom is 0.336 e. The molecule has 21 heavy (non-hydrogen) atoms. The lowest BCUT2D eigenvalue weighted by Crippen LogP contribution is -2.24. The molecule has 2 aliphatic rings. The van der Waals surface area contributed by atoms with Gasteiger partial charge in [-0.1, -0.05) is 6.08 Å². The van der Waals surface area contributed by atoms with E-state index >= 15 is 0 Å². The largest absolute Gasteiger partial charge is 0.508 e. The monoisotopic (exact) mass is 293 g/mol. The Morgan fingerprint density at radius 2 is 2.19 bits per heavy atom. The van der Waals surface area contributed by atoms with E-state index in [0.717, 1.165) is 11.6 Å². The number of ketones is 1. The van der Waals surface area contributed by atoms with Gasteiger partial charge in [0, 0.05) is 38.5 Å². The van der Waals surface area contributed by atoms with Crippen LogP contribution in [0.15, 0.2) is 35.4 Å². The second kappa shape index (κ2) is 6.25. The van der Waals surface area contributed by atoms with Gasteiger partial charge < -0.3 is 19.9 Å². The van der Waals surface area contributed by atoms with Crippen LogP contribution in [0.5, 0.6) is 0 Å². The molecular weight excluding hydrogens is 278 g/mol. The number of hydrogen-bond acceptors (Lipinski definition) is 7. The van der Waals surface area contributed by atoms with E-state index < -0.39 is 18.2 Å². The average molecular weight is 293 g/mol. The van der Waals surface area contributed by atoms with Crippen molar-refractivity contribution in [3.8, 4) is 0 Å². The van der Waals surface area contributed by atoms with Crippen LogP contribution in [0.1, 0.15) is 26.2 Å². The maximum absolute atomic E-state index is 11.6. The molecule has 0 saturated carbocycles. The van der Waals surface area contributed by atoms with Crippen LogP contribution in [0.4, 0.5) is 0 Å². The van der Waals surface area contributed by atoms with E-state index in [1.54, 1.807) is 6.20 Å². The summed E-state index contributed by atoms with van der Waals surface area (Å²) in [6.45, 7) is 1.31. The van der Waals surface area contributed by atoms with Crippen LogP contribution >= 0.6 is 0 Å². The van der Waals surface area contributed by atoms with Gasteiger partial charge in [-0.3, -0.25) is 9.59 Å². The number of rotatable bonds is 4. The van der Waals surface area contributed by atoms with Crippen molar-refractivity contribution in [2.45, 2.75) is 32.4 Å². The quantitative estimate of drug-likeness (QED) is 0.588. The highest BCUT2D eigenvalue weighted by atomic mass is 16.6. The van der Waals surface area contributed by atoms with E-state index in [2.05, 4.69) is 5.32 Å². The Kier molecular flexibility index (Phi) is 4.42. The molecule has 7 heteroatoms. The third kappa shape index (κ3) is 3.95. The first kappa shape index (κ1) is 14.8. The van der Waals surface area contributed by atoms with Crippen LogP contribution in [-0.4, -0.2) is 29.1 Å². The molecule has 0 bridgehead atoms. The van der Waals surface area contributed by atoms with E-state index in [-0.39, 0.29) is 30.1 Å². The van der Waals surface area contributed by atoms with Gasteiger partial charge in [0.25, 0.3) is 0 Å². The first-order chi connectivity index (χ1) is 9.95. The molecule has 2 N–H and O–H groups in total. The molecule has 112 valence electrons. The van der Waals surface area contributed by atoms with Crippen molar-refractivity contribution in [3.05, 3.63) is 35.4 Å². The summed E-state index contributed by atoms with van der Waals surface area (Å²) >= 11 is 0. The number of hydrogen-bond donors (Lipinski definition) is 2. The lowest BCUT2D eigenvalue weighted by atomic mass is 10.2. The molecule has 7 nitrogen and oxygen atoms in total. The van der Waals surface area contributed by atoms with Crippen LogP contribution in [0.3, 0.4) is 0 Å². The van der Waals surface area contributed by atoms with Gasteiger partial charge in [-0.2, -0.15) is 0 Å². The molecule has 2 rings (SSSR count). The molecule has 1 heterocycles. The minimum absolute atomic E-state index is 0.150. The molecule has 0 spiro atoms. The topological polar surface area (TPSA) is 102 Å². The Labute approximate surface area is 120 Å². The second-order valence-corrected chi connectivity index (χ2v) is 4.64. The van der Waals surface area contributed by atoms with E-state index in [9.17, 15) is 19.5 Å². The first-order valence-corrected chi connectivity index (χ1v) is 6.43. The highest BCUT2D eigenvalue weighted by molar-refractivity contribution is 5.99. The van der Waals surface area contributed by atoms with Crippen LogP contribution in [-0.2, 0) is 23.9 Å². The molecule has 0 saturated heterocycles. The Morgan fingerprint density at radius 1 is 1.43 bits per heavy atom. The molecule has 0 aromatic carbocycles. The lowest BCUT2D eigenvalue weighted by molar-refractivity contribution is -0.146. The molecule has 1 atom stereocenters. The summed E-state index contributed by atoms with van der Waals surface area (Å²) in [6, 6.07) is 0. The number of carbonyl (C=O) groups is 3. The number of esters is 2. The van der Waals surface area contributed by atoms with E-state index in [4.69, 9.17) is 9.47 Å². The molecule has 0 radical (unpaired) electrons. The number of ether oxygens (including phenoxy) is 2. The van der Waals surface area contributed by atoms with E-state index in [1.165, 1.54) is 13.0 Å². The van der Waals surface area contributed by atoms with Crippen molar-refractivity contribution in [1.82, 2.24) is 5.32 Å². The minimum Gasteiger partial charge on any atom is -0.508 e. The van der Waals surface area contributed by atoms with Gasteiger partial charge in [-0.25, -0.2) is 4.79 Å². The standard InChI is InChI=1S/C14H15NO6/c1-8(16)20-12-6-9(7-15-12)2-5-13(19)21-14-10(17)3-4-11(14)18/h2,5,7,12,15,17H,3-4,6H2,1H3/b5-2+. The second-order valence-electron chi connectivity index (χ2n) is 4.64. The number of aliphatic hydroxyl groups excluding tert-OH is 1. The van der Waals surface area contributed by atoms with E-state index in [0.29, 0.717) is 6.42 Å². The zero-order valence-corrected chi connectivity index (χ0v) is 11.4. The summed E-state index contributed by atoms with van der Waals surface area (Å²) in [7, 11) is 0. The fourth-order valence-corrected chi connectivity index (χ4v) is 1.97. The maximum atomic E-state index is 11.6. The summed E-state index contributed by atoms with van der Waals surface area (Å²) in [5.41, 5.74) is 0.745. The number of allylic oxidation sites excluding steroid dienone is 3. The summed E-state index contributed by atoms with van der Waals surface area (Å²) in [5, 5.41) is 12.2. The molecule has 0 aromatic heterocycles. The fraction of sp³-hybridized carbons (Fsp3) is 0.357. The molecule has 0 aromatic rings. The summed E-state index contributed by atoms with van der Waals surface area (Å²) in [5.74, 6) is -2.00. The van der Waals surface area contributed by atoms with Crippen molar-refractivity contribution >= 4 is 17.7 Å². The predicted octanol–water partition coefficient (Wildman–Crippen LogP) is 0.985. The average Bonchev–Trinajstić information content (AvgIpc) is 2.97. The summed E-state index contributed by atoms with van der Waals surface area (Å²) in [6.07, 6.45) is 4.60. The van der Waals surface area contributed by atoms with Crippen molar-refractivity contribution in [2.24, 2.45) is 0 Å². The highest BCUT2D eigenvalue weighted by Crippen LogP contribution is 2.22. The Morgan fingerprint density at radius 3 is 2.81 bits per heavy atom. The molecule has 1 aliphatic heterocycles. The van der Waals surface area contributed by atoms with Gasteiger partial charge in [0.1, 0.15) is 5.76 Å². The third-order valence-corrected chi connectivity index (χ3v) is 2.92. The fourth-order valence-electron chi connectivity index (χ4n) is 1.97. The lowest BCUT2D eigenvalue weighted by Gasteiger charge is -2.10. The normalized spacial score (nSPS) is 21.5. The first-order valence-electron chi connectivity index (χ1n) is 6.43. The van der Waals surface area contributed by atoms with Crippen LogP contribution < -0.4 is 5.32 Å². The van der Waals surface area contributed by atoms with Gasteiger partial charge >= 0.3 is 11.9 Å². The van der Waals surface area contributed by atoms with Crippen molar-refractivity contribution in [2.75, 3.05) is 0 Å². The Balaban J connectivity index is 1.85. The predicted molar refractivity (Wildman–Crippen MR) is 70.5 cm³/mol.